The van der Waals surface area contributed by atoms with Crippen molar-refractivity contribution in [2.24, 2.45) is 0 Å². The summed E-state index contributed by atoms with van der Waals surface area (Å²) >= 11 is 0. The predicted molar refractivity (Wildman–Crippen MR) is 59.8 cm³/mol. The first-order chi connectivity index (χ1) is 7.16. The summed E-state index contributed by atoms with van der Waals surface area (Å²) in [5.74, 6) is 0. The van der Waals surface area contributed by atoms with Crippen molar-refractivity contribution in [3.63, 3.8) is 0 Å². The molecule has 0 atom stereocenters. The Morgan fingerprint density at radius 3 is 2.47 bits per heavy atom. The lowest BCUT2D eigenvalue weighted by atomic mass is 10.0. The molecule has 0 spiro atoms. The van der Waals surface area contributed by atoms with Crippen LogP contribution in [0.4, 0.5) is 0 Å². The van der Waals surface area contributed by atoms with Gasteiger partial charge in [0.25, 0.3) is 5.56 Å². The zero-order valence-electron chi connectivity index (χ0n) is 8.74. The van der Waals surface area contributed by atoms with E-state index in [1.807, 2.05) is 6.07 Å². The molecular formula is C12H12N2O. The maximum Gasteiger partial charge on any atom is 0.264 e. The minimum Gasteiger partial charge on any atom is -0.268 e. The van der Waals surface area contributed by atoms with Crippen LogP contribution in [0, 0.1) is 13.8 Å². The lowest BCUT2D eigenvalue weighted by Crippen LogP contribution is -2.05. The summed E-state index contributed by atoms with van der Waals surface area (Å²) in [6.45, 7) is 4.13. The summed E-state index contributed by atoms with van der Waals surface area (Å²) in [7, 11) is 0. The molecule has 2 aromatic rings. The molecule has 0 aliphatic carbocycles. The van der Waals surface area contributed by atoms with E-state index in [4.69, 9.17) is 0 Å². The Labute approximate surface area is 87.8 Å². The third-order valence-electron chi connectivity index (χ3n) is 2.48. The lowest BCUT2D eigenvalue weighted by molar-refractivity contribution is 0.995. The minimum absolute atomic E-state index is 0.178. The zero-order valence-corrected chi connectivity index (χ0v) is 8.74. The van der Waals surface area contributed by atoms with Crippen molar-refractivity contribution in [3.05, 3.63) is 51.8 Å². The van der Waals surface area contributed by atoms with Gasteiger partial charge in [0.05, 0.1) is 5.69 Å². The van der Waals surface area contributed by atoms with Crippen LogP contribution < -0.4 is 5.56 Å². The molecule has 0 radical (unpaired) electrons. The standard InChI is InChI=1S/C12H12N2O/c1-8-3-4-10(7-9(8)2)11-5-6-12(15)14-13-11/h3-7H,1-2H3,(H,14,15). The number of aromatic amines is 1. The molecule has 3 nitrogen and oxygen atoms in total. The Bertz CT molecular complexity index is 523. The Morgan fingerprint density at radius 1 is 1.07 bits per heavy atom. The van der Waals surface area contributed by atoms with Crippen LogP contribution in [0.25, 0.3) is 11.3 Å². The second-order valence-electron chi connectivity index (χ2n) is 3.61. The number of hydrogen-bond donors (Lipinski definition) is 1. The first-order valence-electron chi connectivity index (χ1n) is 4.80. The second kappa shape index (κ2) is 3.69. The molecule has 2 rings (SSSR count). The highest BCUT2D eigenvalue weighted by Gasteiger charge is 2.00. The van der Waals surface area contributed by atoms with Gasteiger partial charge < -0.3 is 0 Å². The normalized spacial score (nSPS) is 10.3. The number of aromatic nitrogens is 2. The maximum absolute atomic E-state index is 10.9. The first kappa shape index (κ1) is 9.65. The number of H-pyrrole nitrogens is 1. The molecule has 3 heteroatoms. The van der Waals surface area contributed by atoms with Gasteiger partial charge in [0, 0.05) is 11.6 Å². The van der Waals surface area contributed by atoms with Crippen LogP contribution >= 0.6 is 0 Å². The average Bonchev–Trinajstić information content (AvgIpc) is 2.23. The number of nitrogens with one attached hydrogen (secondary N) is 1. The predicted octanol–water partition coefficient (Wildman–Crippen LogP) is 2.05. The third kappa shape index (κ3) is 1.96. The van der Waals surface area contributed by atoms with Crippen LogP contribution in [0.5, 0.6) is 0 Å². The highest BCUT2D eigenvalue weighted by atomic mass is 16.1. The topological polar surface area (TPSA) is 45.8 Å². The maximum atomic E-state index is 10.9. The molecule has 0 saturated heterocycles. The van der Waals surface area contributed by atoms with Crippen LogP contribution in [0.1, 0.15) is 11.1 Å². The van der Waals surface area contributed by atoms with Gasteiger partial charge in [-0.25, -0.2) is 5.10 Å². The van der Waals surface area contributed by atoms with Gasteiger partial charge in [-0.15, -0.1) is 0 Å². The van der Waals surface area contributed by atoms with E-state index in [-0.39, 0.29) is 5.56 Å². The Hall–Kier alpha value is -1.90. The van der Waals surface area contributed by atoms with Crippen molar-refractivity contribution in [2.45, 2.75) is 13.8 Å². The summed E-state index contributed by atoms with van der Waals surface area (Å²) in [6.07, 6.45) is 0. The minimum atomic E-state index is -0.178. The summed E-state index contributed by atoms with van der Waals surface area (Å²) in [6, 6.07) is 9.33. The van der Waals surface area contributed by atoms with E-state index in [9.17, 15) is 4.79 Å². The number of nitrogens with zero attached hydrogens (tertiary/aromatic N) is 1. The van der Waals surface area contributed by atoms with Crippen molar-refractivity contribution >= 4 is 0 Å². The van der Waals surface area contributed by atoms with Gasteiger partial charge in [-0.1, -0.05) is 12.1 Å². The SMILES string of the molecule is Cc1ccc(-c2ccc(=O)[nH]n2)cc1C. The van der Waals surface area contributed by atoms with E-state index >= 15 is 0 Å². The van der Waals surface area contributed by atoms with E-state index in [2.05, 4.69) is 36.2 Å². The molecular weight excluding hydrogens is 188 g/mol. The van der Waals surface area contributed by atoms with E-state index in [1.165, 1.54) is 17.2 Å². The zero-order chi connectivity index (χ0) is 10.8. The average molecular weight is 200 g/mol. The fourth-order valence-electron chi connectivity index (χ4n) is 1.41. The van der Waals surface area contributed by atoms with Crippen LogP contribution in [0.2, 0.25) is 0 Å². The summed E-state index contributed by atoms with van der Waals surface area (Å²) in [5, 5.41) is 6.41. The lowest BCUT2D eigenvalue weighted by Gasteiger charge is -2.03. The molecule has 0 bridgehead atoms. The first-order valence-corrected chi connectivity index (χ1v) is 4.80. The molecule has 0 aliphatic rings. The van der Waals surface area contributed by atoms with Crippen molar-refractivity contribution in [3.8, 4) is 11.3 Å². The molecule has 1 heterocycles. The van der Waals surface area contributed by atoms with Gasteiger partial charge in [0.2, 0.25) is 0 Å². The molecule has 15 heavy (non-hydrogen) atoms. The molecule has 0 aliphatic heterocycles. The Morgan fingerprint density at radius 2 is 1.87 bits per heavy atom. The Kier molecular flexibility index (Phi) is 2.37. The number of rotatable bonds is 1. The monoisotopic (exact) mass is 200 g/mol. The van der Waals surface area contributed by atoms with Gasteiger partial charge >= 0.3 is 0 Å². The van der Waals surface area contributed by atoms with Gasteiger partial charge in [-0.05, 0) is 37.1 Å². The summed E-state index contributed by atoms with van der Waals surface area (Å²) in [4.78, 5) is 10.9. The number of aryl methyl sites for hydroxylation is 2. The molecule has 0 fully saturated rings. The fraction of sp³-hybridized carbons (Fsp3) is 0.167. The molecule has 0 saturated carbocycles. The second-order valence-corrected chi connectivity index (χ2v) is 3.61. The molecule has 1 N–H and O–H groups in total. The number of benzene rings is 1. The van der Waals surface area contributed by atoms with Crippen LogP contribution in [0.15, 0.2) is 35.1 Å². The van der Waals surface area contributed by atoms with E-state index in [1.54, 1.807) is 6.07 Å². The highest BCUT2D eigenvalue weighted by molar-refractivity contribution is 5.60. The van der Waals surface area contributed by atoms with Crippen LogP contribution in [0.3, 0.4) is 0 Å². The third-order valence-corrected chi connectivity index (χ3v) is 2.48. The highest BCUT2D eigenvalue weighted by Crippen LogP contribution is 2.18. The van der Waals surface area contributed by atoms with Crippen molar-refractivity contribution < 1.29 is 0 Å². The molecule has 0 unspecified atom stereocenters. The molecule has 1 aromatic carbocycles. The molecule has 76 valence electrons. The van der Waals surface area contributed by atoms with Gasteiger partial charge in [-0.2, -0.15) is 5.10 Å². The fourth-order valence-corrected chi connectivity index (χ4v) is 1.41. The molecule has 1 aromatic heterocycles. The van der Waals surface area contributed by atoms with Crippen LogP contribution in [-0.2, 0) is 0 Å². The van der Waals surface area contributed by atoms with Crippen LogP contribution in [-0.4, -0.2) is 10.2 Å². The smallest absolute Gasteiger partial charge is 0.264 e. The van der Waals surface area contributed by atoms with Crippen molar-refractivity contribution in [1.29, 1.82) is 0 Å². The van der Waals surface area contributed by atoms with E-state index in [0.29, 0.717) is 0 Å². The van der Waals surface area contributed by atoms with E-state index in [0.717, 1.165) is 11.3 Å². The van der Waals surface area contributed by atoms with E-state index < -0.39 is 0 Å². The van der Waals surface area contributed by atoms with Crippen molar-refractivity contribution in [1.82, 2.24) is 10.2 Å². The van der Waals surface area contributed by atoms with Gasteiger partial charge in [-0.3, -0.25) is 4.79 Å². The molecule has 0 amide bonds. The summed E-state index contributed by atoms with van der Waals surface area (Å²) in [5.41, 5.74) is 4.11. The number of hydrogen-bond acceptors (Lipinski definition) is 2. The quantitative estimate of drug-likeness (QED) is 0.765. The van der Waals surface area contributed by atoms with Gasteiger partial charge in [0.1, 0.15) is 0 Å². The Balaban J connectivity index is 2.50. The van der Waals surface area contributed by atoms with Crippen molar-refractivity contribution in [2.75, 3.05) is 0 Å². The summed E-state index contributed by atoms with van der Waals surface area (Å²) < 4.78 is 0. The van der Waals surface area contributed by atoms with Gasteiger partial charge in [0.15, 0.2) is 0 Å². The largest absolute Gasteiger partial charge is 0.268 e.